The van der Waals surface area contributed by atoms with Gasteiger partial charge >= 0.3 is 0 Å². The first kappa shape index (κ1) is 18.9. The molecular formula is C23H25N3O2S2. The van der Waals surface area contributed by atoms with Crippen molar-refractivity contribution in [2.24, 2.45) is 17.8 Å². The van der Waals surface area contributed by atoms with E-state index in [1.54, 1.807) is 23.1 Å². The Morgan fingerprint density at radius 1 is 1.17 bits per heavy atom. The zero-order chi connectivity index (χ0) is 20.3. The highest BCUT2D eigenvalue weighted by Crippen LogP contribution is 2.55. The molecule has 4 aliphatic carbocycles. The van der Waals surface area contributed by atoms with Crippen molar-refractivity contribution in [1.29, 1.82) is 0 Å². The molecule has 156 valence electrons. The lowest BCUT2D eigenvalue weighted by atomic mass is 9.53. The summed E-state index contributed by atoms with van der Waals surface area (Å²) in [5.74, 6) is 3.46. The van der Waals surface area contributed by atoms with Gasteiger partial charge in [-0.25, -0.2) is 0 Å². The van der Waals surface area contributed by atoms with Gasteiger partial charge in [0.25, 0.3) is 5.91 Å². The maximum Gasteiger partial charge on any atom is 0.287 e. The molecule has 7 heteroatoms. The quantitative estimate of drug-likeness (QED) is 0.525. The molecular weight excluding hydrogens is 414 g/mol. The van der Waals surface area contributed by atoms with Crippen LogP contribution in [-0.4, -0.2) is 21.6 Å². The minimum absolute atomic E-state index is 0.0223. The van der Waals surface area contributed by atoms with Crippen molar-refractivity contribution in [3.63, 3.8) is 0 Å². The smallest absolute Gasteiger partial charge is 0.287 e. The largest absolute Gasteiger partial charge is 0.451 e. The Morgan fingerprint density at radius 3 is 2.53 bits per heavy atom. The minimum Gasteiger partial charge on any atom is -0.451 e. The van der Waals surface area contributed by atoms with Gasteiger partial charge in [0.1, 0.15) is 10.6 Å². The summed E-state index contributed by atoms with van der Waals surface area (Å²) in [5, 5.41) is 13.8. The Morgan fingerprint density at radius 2 is 1.87 bits per heavy atom. The number of nitrogens with one attached hydrogen (secondary N) is 1. The van der Waals surface area contributed by atoms with Crippen LogP contribution in [0.2, 0.25) is 0 Å². The highest BCUT2D eigenvalue weighted by atomic mass is 32.2. The second-order valence-corrected chi connectivity index (χ2v) is 11.8. The molecule has 0 atom stereocenters. The van der Waals surface area contributed by atoms with Gasteiger partial charge < -0.3 is 9.73 Å². The second-order valence-electron chi connectivity index (χ2n) is 9.43. The average Bonchev–Trinajstić information content (AvgIpc) is 3.28. The molecule has 4 saturated carbocycles. The van der Waals surface area contributed by atoms with E-state index in [0.717, 1.165) is 62.9 Å². The van der Waals surface area contributed by atoms with Crippen LogP contribution < -0.4 is 5.32 Å². The minimum atomic E-state index is -0.0443. The van der Waals surface area contributed by atoms with E-state index in [1.807, 2.05) is 31.2 Å². The van der Waals surface area contributed by atoms with E-state index in [4.69, 9.17) is 4.42 Å². The molecule has 0 spiro atoms. The zero-order valence-corrected chi connectivity index (χ0v) is 18.7. The summed E-state index contributed by atoms with van der Waals surface area (Å²) in [6.07, 6.45) is 7.51. The molecule has 4 bridgehead atoms. The number of nitrogens with zero attached hydrogens (tertiary/aromatic N) is 2. The van der Waals surface area contributed by atoms with Crippen molar-refractivity contribution in [1.82, 2.24) is 15.5 Å². The Bertz CT molecular complexity index is 1080. The van der Waals surface area contributed by atoms with E-state index in [1.165, 1.54) is 19.3 Å². The number of hydrogen-bond donors (Lipinski definition) is 1. The van der Waals surface area contributed by atoms with E-state index in [0.29, 0.717) is 11.5 Å². The lowest BCUT2D eigenvalue weighted by Gasteiger charge is -2.56. The molecule has 5 nitrogen and oxygen atoms in total. The molecule has 1 amide bonds. The molecule has 0 unspecified atom stereocenters. The standard InChI is InChI=1S/C23H25N3O2S2/c1-13-25-26-22(30-13)29-12-18-17-4-2-3-5-19(17)28-20(18)21(27)24-23-9-14-6-15(10-23)8-16(7-14)11-23/h2-5,14-16H,6-12H2,1H3,(H,24,27). The first-order valence-corrected chi connectivity index (χ1v) is 12.6. The van der Waals surface area contributed by atoms with Crippen molar-refractivity contribution in [3.8, 4) is 0 Å². The van der Waals surface area contributed by atoms with Crippen LogP contribution in [0.25, 0.3) is 11.0 Å². The second kappa shape index (κ2) is 7.09. The summed E-state index contributed by atoms with van der Waals surface area (Å²) in [4.78, 5) is 13.5. The number of rotatable bonds is 5. The van der Waals surface area contributed by atoms with Crippen LogP contribution in [-0.2, 0) is 5.75 Å². The maximum atomic E-state index is 13.5. The van der Waals surface area contributed by atoms with Gasteiger partial charge in [0.15, 0.2) is 10.1 Å². The molecule has 2 aromatic heterocycles. The molecule has 3 aromatic rings. The van der Waals surface area contributed by atoms with Crippen LogP contribution in [0.3, 0.4) is 0 Å². The van der Waals surface area contributed by atoms with E-state index in [-0.39, 0.29) is 11.4 Å². The van der Waals surface area contributed by atoms with Crippen molar-refractivity contribution in [2.75, 3.05) is 0 Å². The zero-order valence-electron chi connectivity index (χ0n) is 17.0. The summed E-state index contributed by atoms with van der Waals surface area (Å²) in [6, 6.07) is 7.95. The Hall–Kier alpha value is -1.86. The fraction of sp³-hybridized carbons (Fsp3) is 0.522. The topological polar surface area (TPSA) is 68.0 Å². The average molecular weight is 440 g/mol. The van der Waals surface area contributed by atoms with Gasteiger partial charge in [-0.15, -0.1) is 10.2 Å². The lowest BCUT2D eigenvalue weighted by molar-refractivity contribution is -0.0171. The number of thioether (sulfide) groups is 1. The summed E-state index contributed by atoms with van der Waals surface area (Å²) in [5.41, 5.74) is 1.72. The molecule has 4 fully saturated rings. The maximum absolute atomic E-state index is 13.5. The number of furan rings is 1. The molecule has 1 N–H and O–H groups in total. The van der Waals surface area contributed by atoms with Crippen LogP contribution in [0.15, 0.2) is 33.0 Å². The van der Waals surface area contributed by atoms with Crippen molar-refractivity contribution in [3.05, 3.63) is 40.6 Å². The van der Waals surface area contributed by atoms with Crippen LogP contribution in [0, 0.1) is 24.7 Å². The van der Waals surface area contributed by atoms with Crippen molar-refractivity contribution < 1.29 is 9.21 Å². The SMILES string of the molecule is Cc1nnc(SCc2c(C(=O)NC34CC5CC(CC(C5)C3)C4)oc3ccccc23)s1. The van der Waals surface area contributed by atoms with Crippen LogP contribution in [0.5, 0.6) is 0 Å². The number of para-hydroxylation sites is 1. The number of carbonyl (C=O) groups is 1. The monoisotopic (exact) mass is 439 g/mol. The predicted molar refractivity (Wildman–Crippen MR) is 119 cm³/mol. The third-order valence-electron chi connectivity index (χ3n) is 7.17. The molecule has 30 heavy (non-hydrogen) atoms. The van der Waals surface area contributed by atoms with Crippen LogP contribution in [0.1, 0.15) is 59.7 Å². The molecule has 1 aromatic carbocycles. The number of aryl methyl sites for hydroxylation is 1. The lowest BCUT2D eigenvalue weighted by Crippen LogP contribution is -2.59. The van der Waals surface area contributed by atoms with Gasteiger partial charge in [-0.2, -0.15) is 0 Å². The Kier molecular flexibility index (Phi) is 4.46. The van der Waals surface area contributed by atoms with E-state index in [2.05, 4.69) is 15.5 Å². The third-order valence-corrected chi connectivity index (χ3v) is 9.17. The van der Waals surface area contributed by atoms with Gasteiger partial charge in [-0.3, -0.25) is 4.79 Å². The molecule has 0 radical (unpaired) electrons. The van der Waals surface area contributed by atoms with Gasteiger partial charge in [0.05, 0.1) is 0 Å². The first-order valence-electron chi connectivity index (χ1n) is 10.8. The van der Waals surface area contributed by atoms with Crippen LogP contribution in [0.4, 0.5) is 0 Å². The number of carbonyl (C=O) groups excluding carboxylic acids is 1. The van der Waals surface area contributed by atoms with Gasteiger partial charge in [0, 0.05) is 22.2 Å². The number of benzene rings is 1. The van der Waals surface area contributed by atoms with Gasteiger partial charge in [-0.05, 0) is 69.3 Å². The van der Waals surface area contributed by atoms with Crippen LogP contribution >= 0.6 is 23.1 Å². The Balaban J connectivity index is 1.30. The molecule has 2 heterocycles. The molecule has 7 rings (SSSR count). The third kappa shape index (κ3) is 3.26. The van der Waals surface area contributed by atoms with Crippen molar-refractivity contribution in [2.45, 2.75) is 61.1 Å². The number of amides is 1. The fourth-order valence-corrected chi connectivity index (χ4v) is 8.30. The normalized spacial score (nSPS) is 29.6. The van der Waals surface area contributed by atoms with E-state index < -0.39 is 0 Å². The Labute approximate surface area is 184 Å². The van der Waals surface area contributed by atoms with E-state index in [9.17, 15) is 4.79 Å². The fourth-order valence-electron chi connectivity index (χ4n) is 6.46. The number of hydrogen-bond acceptors (Lipinski definition) is 6. The van der Waals surface area contributed by atoms with E-state index >= 15 is 0 Å². The predicted octanol–water partition coefficient (Wildman–Crippen LogP) is 5.58. The number of fused-ring (bicyclic) bond motifs is 1. The summed E-state index contributed by atoms with van der Waals surface area (Å²) >= 11 is 3.20. The first-order chi connectivity index (χ1) is 14.6. The summed E-state index contributed by atoms with van der Waals surface area (Å²) < 4.78 is 7.03. The van der Waals surface area contributed by atoms with Gasteiger partial charge in [-0.1, -0.05) is 41.3 Å². The molecule has 0 saturated heterocycles. The molecule has 0 aliphatic heterocycles. The van der Waals surface area contributed by atoms with Gasteiger partial charge in [0.2, 0.25) is 0 Å². The highest BCUT2D eigenvalue weighted by Gasteiger charge is 2.51. The highest BCUT2D eigenvalue weighted by molar-refractivity contribution is 8.00. The van der Waals surface area contributed by atoms with Crippen molar-refractivity contribution >= 4 is 40.0 Å². The summed E-state index contributed by atoms with van der Waals surface area (Å²) in [6.45, 7) is 1.96. The molecule has 4 aliphatic rings. The summed E-state index contributed by atoms with van der Waals surface area (Å²) in [7, 11) is 0. The number of aromatic nitrogens is 2.